The van der Waals surface area contributed by atoms with E-state index in [1.54, 1.807) is 0 Å². The van der Waals surface area contributed by atoms with E-state index in [1.807, 2.05) is 18.2 Å². The highest BCUT2D eigenvalue weighted by molar-refractivity contribution is 6.30. The van der Waals surface area contributed by atoms with Gasteiger partial charge in [0, 0.05) is 17.1 Å². The summed E-state index contributed by atoms with van der Waals surface area (Å²) in [5.74, 6) is 2.13. The fourth-order valence-electron chi connectivity index (χ4n) is 4.59. The van der Waals surface area contributed by atoms with Crippen molar-refractivity contribution in [1.29, 1.82) is 0 Å². The van der Waals surface area contributed by atoms with Gasteiger partial charge in [-0.3, -0.25) is 0 Å². The Kier molecular flexibility index (Phi) is 3.77. The lowest BCUT2D eigenvalue weighted by Crippen LogP contribution is -2.51. The highest BCUT2D eigenvalue weighted by atomic mass is 35.5. The van der Waals surface area contributed by atoms with Crippen LogP contribution in [0.4, 0.5) is 4.79 Å². The summed E-state index contributed by atoms with van der Waals surface area (Å²) in [5, 5.41) is 7.13. The largest absolute Gasteiger partial charge is 0.335 e. The minimum absolute atomic E-state index is 0.0343. The maximum absolute atomic E-state index is 12.1. The first-order valence-corrected chi connectivity index (χ1v) is 8.87. The molecule has 1 aromatic rings. The van der Waals surface area contributed by atoms with E-state index < -0.39 is 0 Å². The molecule has 0 saturated heterocycles. The molecule has 2 N–H and O–H groups in total. The molecule has 3 aliphatic rings. The molecule has 4 heteroatoms. The van der Waals surface area contributed by atoms with Crippen LogP contribution in [0.1, 0.15) is 50.0 Å². The summed E-state index contributed by atoms with van der Waals surface area (Å²) in [6, 6.07) is 8.83. The first-order chi connectivity index (χ1) is 10.7. The fraction of sp³-hybridized carbons (Fsp3) is 0.611. The number of hydrogen-bond acceptors (Lipinski definition) is 1. The number of carbonyl (C=O) groups is 1. The zero-order valence-corrected chi connectivity index (χ0v) is 13.5. The molecule has 3 aliphatic carbocycles. The molecule has 3 nitrogen and oxygen atoms in total. The Morgan fingerprint density at radius 3 is 2.64 bits per heavy atom. The second-order valence-electron chi connectivity index (χ2n) is 7.32. The molecule has 2 bridgehead atoms. The second-order valence-corrected chi connectivity index (χ2v) is 7.76. The van der Waals surface area contributed by atoms with Crippen LogP contribution in [-0.4, -0.2) is 18.1 Å². The number of halogens is 1. The summed E-state index contributed by atoms with van der Waals surface area (Å²) < 4.78 is 0. The third kappa shape index (κ3) is 2.83. The number of rotatable bonds is 3. The van der Waals surface area contributed by atoms with Crippen LogP contribution < -0.4 is 10.6 Å². The normalized spacial score (nSPS) is 36.0. The van der Waals surface area contributed by atoms with E-state index in [0.29, 0.717) is 18.0 Å². The molecule has 0 radical (unpaired) electrons. The lowest BCUT2D eigenvalue weighted by Gasteiger charge is -2.36. The van der Waals surface area contributed by atoms with Gasteiger partial charge in [-0.05, 0) is 67.6 Å². The first kappa shape index (κ1) is 14.4. The Hall–Kier alpha value is -1.22. The Labute approximate surface area is 136 Å². The van der Waals surface area contributed by atoms with Gasteiger partial charge in [-0.1, -0.05) is 30.2 Å². The van der Waals surface area contributed by atoms with Gasteiger partial charge in [0.1, 0.15) is 0 Å². The molecule has 0 heterocycles. The van der Waals surface area contributed by atoms with Crippen LogP contribution >= 0.6 is 11.6 Å². The van der Waals surface area contributed by atoms with E-state index in [9.17, 15) is 4.79 Å². The van der Waals surface area contributed by atoms with Gasteiger partial charge in [0.15, 0.2) is 0 Å². The van der Waals surface area contributed by atoms with E-state index in [4.69, 9.17) is 11.6 Å². The average molecular weight is 319 g/mol. The maximum atomic E-state index is 12.1. The van der Waals surface area contributed by atoms with Gasteiger partial charge in [-0.2, -0.15) is 0 Å². The van der Waals surface area contributed by atoms with E-state index in [-0.39, 0.29) is 6.03 Å². The molecule has 4 rings (SSSR count). The van der Waals surface area contributed by atoms with Crippen LogP contribution in [0.25, 0.3) is 0 Å². The van der Waals surface area contributed by atoms with Gasteiger partial charge in [-0.25, -0.2) is 4.79 Å². The minimum atomic E-state index is 0.0343. The summed E-state index contributed by atoms with van der Waals surface area (Å²) in [6.45, 7) is 0. The molecule has 2 amide bonds. The van der Waals surface area contributed by atoms with Crippen LogP contribution in [0.15, 0.2) is 24.3 Å². The number of carbonyl (C=O) groups excluding carboxylic acids is 1. The van der Waals surface area contributed by atoms with Gasteiger partial charge in [0.05, 0.1) is 0 Å². The highest BCUT2D eigenvalue weighted by Gasteiger charge is 2.40. The lowest BCUT2D eigenvalue weighted by molar-refractivity contribution is 0.213. The molecular weight excluding hydrogens is 296 g/mol. The average Bonchev–Trinajstić information content (AvgIpc) is 3.04. The first-order valence-electron chi connectivity index (χ1n) is 8.50. The molecule has 3 fully saturated rings. The summed E-state index contributed by atoms with van der Waals surface area (Å²) in [4.78, 5) is 12.1. The molecule has 3 atom stereocenters. The van der Waals surface area contributed by atoms with Crippen molar-refractivity contribution in [1.82, 2.24) is 10.6 Å². The third-order valence-electron chi connectivity index (χ3n) is 5.85. The van der Waals surface area contributed by atoms with E-state index >= 15 is 0 Å². The fourth-order valence-corrected chi connectivity index (χ4v) is 4.78. The van der Waals surface area contributed by atoms with Crippen LogP contribution in [-0.2, 0) is 0 Å². The van der Waals surface area contributed by atoms with Crippen molar-refractivity contribution >= 4 is 17.6 Å². The number of fused-ring (bicyclic) bond motifs is 2. The predicted molar refractivity (Wildman–Crippen MR) is 88.1 cm³/mol. The maximum Gasteiger partial charge on any atom is 0.315 e. The van der Waals surface area contributed by atoms with Crippen molar-refractivity contribution in [3.05, 3.63) is 34.9 Å². The second kappa shape index (κ2) is 5.77. The van der Waals surface area contributed by atoms with Crippen LogP contribution in [0.3, 0.4) is 0 Å². The Morgan fingerprint density at radius 1 is 1.09 bits per heavy atom. The predicted octanol–water partition coefficient (Wildman–Crippen LogP) is 4.07. The summed E-state index contributed by atoms with van der Waals surface area (Å²) in [6.07, 6.45) is 7.22. The van der Waals surface area contributed by atoms with Crippen molar-refractivity contribution < 1.29 is 4.79 Å². The molecule has 0 unspecified atom stereocenters. The zero-order valence-electron chi connectivity index (χ0n) is 12.7. The summed E-state index contributed by atoms with van der Waals surface area (Å²) >= 11 is 6.04. The van der Waals surface area contributed by atoms with Crippen LogP contribution in [0.5, 0.6) is 0 Å². The van der Waals surface area contributed by atoms with E-state index in [0.717, 1.165) is 29.7 Å². The zero-order chi connectivity index (χ0) is 15.1. The van der Waals surface area contributed by atoms with Gasteiger partial charge >= 0.3 is 6.03 Å². The Bertz CT molecular complexity index is 570. The van der Waals surface area contributed by atoms with E-state index in [2.05, 4.69) is 16.7 Å². The van der Waals surface area contributed by atoms with Crippen molar-refractivity contribution in [3.8, 4) is 0 Å². The Balaban J connectivity index is 1.23. The van der Waals surface area contributed by atoms with Crippen LogP contribution in [0, 0.1) is 11.8 Å². The molecule has 22 heavy (non-hydrogen) atoms. The SMILES string of the molecule is O=C(NC1CC(c2cccc(Cl)c2)C1)N[C@H]1C[C@@H]2CC[C@H]1C2. The molecule has 3 saturated carbocycles. The number of hydrogen-bond donors (Lipinski definition) is 2. The monoisotopic (exact) mass is 318 g/mol. The number of amides is 2. The lowest BCUT2D eigenvalue weighted by atomic mass is 9.76. The standard InChI is InChI=1S/C18H23ClN2O/c19-15-3-1-2-12(8-15)14-9-16(10-14)20-18(22)21-17-7-11-4-5-13(17)6-11/h1-3,8,11,13-14,16-17H,4-7,9-10H2,(H2,20,21,22)/t11-,13+,14?,16?,17+/m1/s1. The Morgan fingerprint density at radius 2 is 1.95 bits per heavy atom. The highest BCUT2D eigenvalue weighted by Crippen LogP contribution is 2.44. The number of benzene rings is 1. The molecule has 0 aliphatic heterocycles. The number of urea groups is 1. The number of nitrogens with one attached hydrogen (secondary N) is 2. The molecule has 118 valence electrons. The topological polar surface area (TPSA) is 41.1 Å². The molecular formula is C18H23ClN2O. The van der Waals surface area contributed by atoms with Crippen LogP contribution in [0.2, 0.25) is 5.02 Å². The van der Waals surface area contributed by atoms with Crippen molar-refractivity contribution in [2.45, 2.75) is 56.5 Å². The van der Waals surface area contributed by atoms with Crippen molar-refractivity contribution in [3.63, 3.8) is 0 Å². The third-order valence-corrected chi connectivity index (χ3v) is 6.08. The summed E-state index contributed by atoms with van der Waals surface area (Å²) in [7, 11) is 0. The molecule has 1 aromatic carbocycles. The quantitative estimate of drug-likeness (QED) is 0.866. The minimum Gasteiger partial charge on any atom is -0.335 e. The summed E-state index contributed by atoms with van der Waals surface area (Å²) in [5.41, 5.74) is 1.29. The van der Waals surface area contributed by atoms with Gasteiger partial charge in [-0.15, -0.1) is 0 Å². The van der Waals surface area contributed by atoms with Crippen molar-refractivity contribution in [2.75, 3.05) is 0 Å². The van der Waals surface area contributed by atoms with Gasteiger partial charge in [0.25, 0.3) is 0 Å². The smallest absolute Gasteiger partial charge is 0.315 e. The van der Waals surface area contributed by atoms with Crippen molar-refractivity contribution in [2.24, 2.45) is 11.8 Å². The van der Waals surface area contributed by atoms with Gasteiger partial charge < -0.3 is 10.6 Å². The molecule has 0 spiro atoms. The van der Waals surface area contributed by atoms with Gasteiger partial charge in [0.2, 0.25) is 0 Å². The molecule has 0 aromatic heterocycles. The van der Waals surface area contributed by atoms with E-state index in [1.165, 1.54) is 31.2 Å².